The molecule has 20 heavy (non-hydrogen) atoms. The van der Waals surface area contributed by atoms with Gasteiger partial charge in [-0.25, -0.2) is 0 Å². The minimum Gasteiger partial charge on any atom is -0.468 e. The summed E-state index contributed by atoms with van der Waals surface area (Å²) in [4.78, 5) is 14.1. The standard InChI is InChI=1S/C15H31NO4/c1-5-8-9-14(15(17)18-4)16(10-12-19-6-2)11-13-20-7-3/h14H,5-13H2,1-4H3. The Kier molecular flexibility index (Phi) is 12.9. The van der Waals surface area contributed by atoms with Gasteiger partial charge in [0.25, 0.3) is 0 Å². The van der Waals surface area contributed by atoms with Crippen molar-refractivity contribution >= 4 is 5.97 Å². The maximum atomic E-state index is 12.0. The molecule has 0 rings (SSSR count). The SMILES string of the molecule is CCCCC(C(=O)OC)N(CCOCC)CCOCC. The van der Waals surface area contributed by atoms with Crippen molar-refractivity contribution in [3.05, 3.63) is 0 Å². The molecule has 1 unspecified atom stereocenters. The Morgan fingerprint density at radius 1 is 1.05 bits per heavy atom. The third-order valence-electron chi connectivity index (χ3n) is 3.20. The molecule has 0 N–H and O–H groups in total. The maximum absolute atomic E-state index is 12.0. The molecule has 0 saturated heterocycles. The first-order valence-electron chi connectivity index (χ1n) is 7.68. The number of ether oxygens (including phenoxy) is 3. The zero-order valence-corrected chi connectivity index (χ0v) is 13.5. The summed E-state index contributed by atoms with van der Waals surface area (Å²) in [6.07, 6.45) is 2.90. The summed E-state index contributed by atoms with van der Waals surface area (Å²) in [5.41, 5.74) is 0. The largest absolute Gasteiger partial charge is 0.468 e. The molecule has 5 heteroatoms. The van der Waals surface area contributed by atoms with Crippen molar-refractivity contribution in [3.63, 3.8) is 0 Å². The van der Waals surface area contributed by atoms with Crippen LogP contribution >= 0.6 is 0 Å². The number of carbonyl (C=O) groups is 1. The van der Waals surface area contributed by atoms with Crippen LogP contribution in [0.25, 0.3) is 0 Å². The van der Waals surface area contributed by atoms with Crippen molar-refractivity contribution in [2.75, 3.05) is 46.6 Å². The molecule has 0 aliphatic heterocycles. The van der Waals surface area contributed by atoms with E-state index in [-0.39, 0.29) is 12.0 Å². The van der Waals surface area contributed by atoms with Gasteiger partial charge < -0.3 is 14.2 Å². The summed E-state index contributed by atoms with van der Waals surface area (Å²) in [6, 6.07) is -0.194. The minimum absolute atomic E-state index is 0.161. The lowest BCUT2D eigenvalue weighted by atomic mass is 10.1. The van der Waals surface area contributed by atoms with E-state index in [4.69, 9.17) is 14.2 Å². The van der Waals surface area contributed by atoms with Crippen molar-refractivity contribution < 1.29 is 19.0 Å². The summed E-state index contributed by atoms with van der Waals surface area (Å²) in [5, 5.41) is 0. The highest BCUT2D eigenvalue weighted by atomic mass is 16.5. The molecule has 1 atom stereocenters. The van der Waals surface area contributed by atoms with Crippen molar-refractivity contribution in [3.8, 4) is 0 Å². The molecular formula is C15H31NO4. The molecule has 0 aliphatic rings. The average Bonchev–Trinajstić information content (AvgIpc) is 2.47. The highest BCUT2D eigenvalue weighted by Gasteiger charge is 2.25. The van der Waals surface area contributed by atoms with Gasteiger partial charge in [-0.1, -0.05) is 19.8 Å². The van der Waals surface area contributed by atoms with Crippen LogP contribution in [0, 0.1) is 0 Å². The van der Waals surface area contributed by atoms with Crippen LogP contribution < -0.4 is 0 Å². The third kappa shape index (κ3) is 8.51. The topological polar surface area (TPSA) is 48.0 Å². The Labute approximate surface area is 123 Å². The van der Waals surface area contributed by atoms with Crippen molar-refractivity contribution in [2.45, 2.75) is 46.1 Å². The molecule has 0 saturated carbocycles. The molecule has 0 spiro atoms. The van der Waals surface area contributed by atoms with Gasteiger partial charge in [0.2, 0.25) is 0 Å². The van der Waals surface area contributed by atoms with Crippen LogP contribution in [-0.4, -0.2) is 63.5 Å². The molecule has 0 aromatic carbocycles. The van der Waals surface area contributed by atoms with Crippen molar-refractivity contribution in [2.24, 2.45) is 0 Å². The first-order valence-corrected chi connectivity index (χ1v) is 7.68. The Balaban J connectivity index is 4.54. The van der Waals surface area contributed by atoms with E-state index in [1.54, 1.807) is 0 Å². The monoisotopic (exact) mass is 289 g/mol. The number of nitrogens with zero attached hydrogens (tertiary/aromatic N) is 1. The molecule has 0 aromatic heterocycles. The fraction of sp³-hybridized carbons (Fsp3) is 0.933. The van der Waals surface area contributed by atoms with Crippen LogP contribution in [0.5, 0.6) is 0 Å². The van der Waals surface area contributed by atoms with Crippen LogP contribution in [0.4, 0.5) is 0 Å². The first kappa shape index (κ1) is 19.4. The van der Waals surface area contributed by atoms with E-state index >= 15 is 0 Å². The molecule has 0 aromatic rings. The number of unbranched alkanes of at least 4 members (excludes halogenated alkanes) is 1. The second-order valence-corrected chi connectivity index (χ2v) is 4.61. The van der Waals surface area contributed by atoms with E-state index in [0.29, 0.717) is 26.4 Å². The van der Waals surface area contributed by atoms with Gasteiger partial charge in [-0.15, -0.1) is 0 Å². The number of methoxy groups -OCH3 is 1. The first-order chi connectivity index (χ1) is 9.71. The molecule has 0 radical (unpaired) electrons. The van der Waals surface area contributed by atoms with Gasteiger partial charge in [-0.2, -0.15) is 0 Å². The lowest BCUT2D eigenvalue weighted by Crippen LogP contribution is -2.45. The van der Waals surface area contributed by atoms with Gasteiger partial charge in [0.15, 0.2) is 0 Å². The van der Waals surface area contributed by atoms with Gasteiger partial charge in [-0.3, -0.25) is 9.69 Å². The minimum atomic E-state index is -0.194. The molecule has 0 fully saturated rings. The number of carbonyl (C=O) groups excluding carboxylic acids is 1. The number of hydrogen-bond donors (Lipinski definition) is 0. The van der Waals surface area contributed by atoms with E-state index in [1.807, 2.05) is 13.8 Å². The van der Waals surface area contributed by atoms with Gasteiger partial charge in [0, 0.05) is 26.3 Å². The lowest BCUT2D eigenvalue weighted by Gasteiger charge is -2.29. The van der Waals surface area contributed by atoms with Crippen LogP contribution in [0.15, 0.2) is 0 Å². The highest BCUT2D eigenvalue weighted by molar-refractivity contribution is 5.75. The fourth-order valence-corrected chi connectivity index (χ4v) is 2.06. The zero-order valence-electron chi connectivity index (χ0n) is 13.5. The molecular weight excluding hydrogens is 258 g/mol. The molecule has 5 nitrogen and oxygen atoms in total. The molecule has 0 amide bonds. The zero-order chi connectivity index (χ0) is 15.2. The maximum Gasteiger partial charge on any atom is 0.323 e. The summed E-state index contributed by atoms with van der Waals surface area (Å²) < 4.78 is 15.7. The van der Waals surface area contributed by atoms with Gasteiger partial charge >= 0.3 is 5.97 Å². The quantitative estimate of drug-likeness (QED) is 0.384. The predicted molar refractivity (Wildman–Crippen MR) is 79.9 cm³/mol. The Hall–Kier alpha value is -0.650. The third-order valence-corrected chi connectivity index (χ3v) is 3.20. The predicted octanol–water partition coefficient (Wildman–Crippen LogP) is 2.09. The van der Waals surface area contributed by atoms with Crippen molar-refractivity contribution in [1.29, 1.82) is 0 Å². The normalized spacial score (nSPS) is 12.7. The highest BCUT2D eigenvalue weighted by Crippen LogP contribution is 2.11. The second-order valence-electron chi connectivity index (χ2n) is 4.61. The fourth-order valence-electron chi connectivity index (χ4n) is 2.06. The summed E-state index contributed by atoms with van der Waals surface area (Å²) in [6.45, 7) is 10.2. The Morgan fingerprint density at radius 3 is 2.00 bits per heavy atom. The summed E-state index contributed by atoms with van der Waals surface area (Å²) in [5.74, 6) is -0.161. The molecule has 0 aliphatic carbocycles. The van der Waals surface area contributed by atoms with Gasteiger partial charge in [0.1, 0.15) is 6.04 Å². The number of hydrogen-bond acceptors (Lipinski definition) is 5. The molecule has 120 valence electrons. The Bertz CT molecular complexity index is 226. The van der Waals surface area contributed by atoms with E-state index in [0.717, 1.165) is 32.4 Å². The molecule has 0 heterocycles. The average molecular weight is 289 g/mol. The summed E-state index contributed by atoms with van der Waals surface area (Å²) in [7, 11) is 1.45. The van der Waals surface area contributed by atoms with Gasteiger partial charge in [-0.05, 0) is 20.3 Å². The lowest BCUT2D eigenvalue weighted by molar-refractivity contribution is -0.148. The second kappa shape index (κ2) is 13.3. The van der Waals surface area contributed by atoms with Crippen LogP contribution in [-0.2, 0) is 19.0 Å². The van der Waals surface area contributed by atoms with E-state index in [2.05, 4.69) is 11.8 Å². The number of rotatable bonds is 13. The van der Waals surface area contributed by atoms with Crippen LogP contribution in [0.3, 0.4) is 0 Å². The van der Waals surface area contributed by atoms with E-state index in [9.17, 15) is 4.79 Å². The van der Waals surface area contributed by atoms with Crippen molar-refractivity contribution in [1.82, 2.24) is 4.90 Å². The summed E-state index contributed by atoms with van der Waals surface area (Å²) >= 11 is 0. The van der Waals surface area contributed by atoms with E-state index in [1.165, 1.54) is 7.11 Å². The Morgan fingerprint density at radius 2 is 1.60 bits per heavy atom. The smallest absolute Gasteiger partial charge is 0.323 e. The molecule has 0 bridgehead atoms. The number of esters is 1. The van der Waals surface area contributed by atoms with Gasteiger partial charge in [0.05, 0.1) is 20.3 Å². The van der Waals surface area contributed by atoms with Crippen LogP contribution in [0.1, 0.15) is 40.0 Å². The van der Waals surface area contributed by atoms with Crippen LogP contribution in [0.2, 0.25) is 0 Å². The van der Waals surface area contributed by atoms with E-state index < -0.39 is 0 Å².